The van der Waals surface area contributed by atoms with Crippen LogP contribution in [-0.2, 0) is 13.1 Å². The molecule has 146 valence electrons. The van der Waals surface area contributed by atoms with Crippen LogP contribution in [0.4, 0.5) is 0 Å². The molecule has 0 aromatic heterocycles. The molecule has 27 heavy (non-hydrogen) atoms. The maximum atomic E-state index is 5.69. The van der Waals surface area contributed by atoms with E-state index in [1.807, 2.05) is 43.3 Å². The topological polar surface area (TPSA) is 54.9 Å². The van der Waals surface area contributed by atoms with Crippen LogP contribution in [0.25, 0.3) is 0 Å². The van der Waals surface area contributed by atoms with Crippen molar-refractivity contribution in [3.63, 3.8) is 0 Å². The largest absolute Gasteiger partial charge is 0.496 e. The van der Waals surface area contributed by atoms with Crippen molar-refractivity contribution < 1.29 is 9.47 Å². The third-order valence-electron chi connectivity index (χ3n) is 3.92. The standard InChI is InChI=1S/C21H27N3O2.HI/c1-5-12-26-20-9-7-6-8-18(20)15-24-21(22-3)23-14-17-10-11-19(25-4)16(2)13-17;/h5-11,13H,1,12,14-15H2,2-4H3,(H2,22,23,24);1H. The van der Waals surface area contributed by atoms with E-state index in [-0.39, 0.29) is 24.0 Å². The fourth-order valence-corrected chi connectivity index (χ4v) is 2.58. The number of aliphatic imine (C=N–C) groups is 1. The van der Waals surface area contributed by atoms with Gasteiger partial charge in [-0.15, -0.1) is 24.0 Å². The molecule has 0 fully saturated rings. The van der Waals surface area contributed by atoms with Gasteiger partial charge in [-0.3, -0.25) is 4.99 Å². The van der Waals surface area contributed by atoms with E-state index < -0.39 is 0 Å². The number of ether oxygens (including phenoxy) is 2. The van der Waals surface area contributed by atoms with Gasteiger partial charge in [0.15, 0.2) is 5.96 Å². The Kier molecular flexibility index (Phi) is 10.3. The summed E-state index contributed by atoms with van der Waals surface area (Å²) < 4.78 is 11.0. The van der Waals surface area contributed by atoms with Crippen LogP contribution in [0.5, 0.6) is 11.5 Å². The first kappa shape index (κ1) is 22.8. The molecular weight excluding hydrogens is 453 g/mol. The van der Waals surface area contributed by atoms with Crippen LogP contribution in [0.3, 0.4) is 0 Å². The van der Waals surface area contributed by atoms with Crippen molar-refractivity contribution in [2.24, 2.45) is 4.99 Å². The molecule has 0 radical (unpaired) electrons. The van der Waals surface area contributed by atoms with Crippen molar-refractivity contribution in [2.75, 3.05) is 20.8 Å². The van der Waals surface area contributed by atoms with Crippen LogP contribution in [0.2, 0.25) is 0 Å². The van der Waals surface area contributed by atoms with Crippen molar-refractivity contribution >= 4 is 29.9 Å². The Morgan fingerprint density at radius 2 is 1.85 bits per heavy atom. The zero-order chi connectivity index (χ0) is 18.8. The van der Waals surface area contributed by atoms with Crippen LogP contribution < -0.4 is 20.1 Å². The van der Waals surface area contributed by atoms with Gasteiger partial charge < -0.3 is 20.1 Å². The van der Waals surface area contributed by atoms with Crippen molar-refractivity contribution in [3.8, 4) is 11.5 Å². The highest BCUT2D eigenvalue weighted by molar-refractivity contribution is 14.0. The third kappa shape index (κ3) is 7.13. The predicted molar refractivity (Wildman–Crippen MR) is 122 cm³/mol. The van der Waals surface area contributed by atoms with Gasteiger partial charge >= 0.3 is 0 Å². The number of nitrogens with zero attached hydrogens (tertiary/aromatic N) is 1. The molecule has 0 saturated heterocycles. The smallest absolute Gasteiger partial charge is 0.191 e. The molecule has 2 aromatic carbocycles. The van der Waals surface area contributed by atoms with E-state index in [9.17, 15) is 0 Å². The highest BCUT2D eigenvalue weighted by Crippen LogP contribution is 2.19. The summed E-state index contributed by atoms with van der Waals surface area (Å²) in [7, 11) is 3.44. The van der Waals surface area contributed by atoms with Gasteiger partial charge in [0, 0.05) is 25.7 Å². The summed E-state index contributed by atoms with van der Waals surface area (Å²) in [5, 5.41) is 6.64. The Morgan fingerprint density at radius 1 is 1.11 bits per heavy atom. The Bertz CT molecular complexity index is 763. The summed E-state index contributed by atoms with van der Waals surface area (Å²) in [5.74, 6) is 2.48. The quantitative estimate of drug-likeness (QED) is 0.259. The second-order valence-corrected chi connectivity index (χ2v) is 5.79. The van der Waals surface area contributed by atoms with E-state index in [4.69, 9.17) is 9.47 Å². The molecule has 2 aromatic rings. The fraction of sp³-hybridized carbons (Fsp3) is 0.286. The maximum Gasteiger partial charge on any atom is 0.191 e. The lowest BCUT2D eigenvalue weighted by Gasteiger charge is -2.15. The molecule has 0 aliphatic carbocycles. The summed E-state index contributed by atoms with van der Waals surface area (Å²) in [6, 6.07) is 14.1. The summed E-state index contributed by atoms with van der Waals surface area (Å²) >= 11 is 0. The summed E-state index contributed by atoms with van der Waals surface area (Å²) in [6.07, 6.45) is 1.74. The Morgan fingerprint density at radius 3 is 2.52 bits per heavy atom. The molecule has 6 heteroatoms. The molecule has 0 spiro atoms. The number of rotatable bonds is 8. The number of aryl methyl sites for hydroxylation is 1. The summed E-state index contributed by atoms with van der Waals surface area (Å²) in [4.78, 5) is 4.28. The highest BCUT2D eigenvalue weighted by Gasteiger charge is 2.05. The van der Waals surface area contributed by atoms with Crippen molar-refractivity contribution in [2.45, 2.75) is 20.0 Å². The molecule has 0 amide bonds. The van der Waals surface area contributed by atoms with E-state index >= 15 is 0 Å². The minimum absolute atomic E-state index is 0. The van der Waals surface area contributed by atoms with E-state index in [2.05, 4.69) is 28.3 Å². The van der Waals surface area contributed by atoms with Gasteiger partial charge in [0.05, 0.1) is 7.11 Å². The third-order valence-corrected chi connectivity index (χ3v) is 3.92. The Balaban J connectivity index is 0.00000364. The maximum absolute atomic E-state index is 5.69. The van der Waals surface area contributed by atoms with Gasteiger partial charge in [0.2, 0.25) is 0 Å². The van der Waals surface area contributed by atoms with Crippen LogP contribution in [0.15, 0.2) is 60.1 Å². The lowest BCUT2D eigenvalue weighted by molar-refractivity contribution is 0.358. The minimum atomic E-state index is 0. The van der Waals surface area contributed by atoms with Gasteiger partial charge in [0.25, 0.3) is 0 Å². The minimum Gasteiger partial charge on any atom is -0.496 e. The average Bonchev–Trinajstić information content (AvgIpc) is 2.67. The number of hydrogen-bond acceptors (Lipinski definition) is 3. The van der Waals surface area contributed by atoms with Crippen molar-refractivity contribution in [1.29, 1.82) is 0 Å². The van der Waals surface area contributed by atoms with E-state index in [0.29, 0.717) is 19.7 Å². The number of guanidine groups is 1. The lowest BCUT2D eigenvalue weighted by atomic mass is 10.1. The van der Waals surface area contributed by atoms with Crippen LogP contribution in [0, 0.1) is 6.92 Å². The molecule has 5 nitrogen and oxygen atoms in total. The first-order valence-electron chi connectivity index (χ1n) is 8.57. The Hall–Kier alpha value is -2.22. The first-order chi connectivity index (χ1) is 12.7. The van der Waals surface area contributed by atoms with Gasteiger partial charge in [-0.1, -0.05) is 43.0 Å². The number of hydrogen-bond donors (Lipinski definition) is 2. The number of nitrogens with one attached hydrogen (secondary N) is 2. The van der Waals surface area contributed by atoms with E-state index in [1.54, 1.807) is 20.2 Å². The van der Waals surface area contributed by atoms with Gasteiger partial charge in [0.1, 0.15) is 18.1 Å². The fourth-order valence-electron chi connectivity index (χ4n) is 2.58. The molecule has 0 unspecified atom stereocenters. The van der Waals surface area contributed by atoms with E-state index in [1.165, 1.54) is 5.56 Å². The zero-order valence-electron chi connectivity index (χ0n) is 16.1. The summed E-state index contributed by atoms with van der Waals surface area (Å²) in [5.41, 5.74) is 3.35. The van der Waals surface area contributed by atoms with Crippen LogP contribution in [-0.4, -0.2) is 26.7 Å². The van der Waals surface area contributed by atoms with Crippen molar-refractivity contribution in [3.05, 3.63) is 71.8 Å². The number of halogens is 1. The molecular formula is C21H28IN3O2. The second-order valence-electron chi connectivity index (χ2n) is 5.79. The molecule has 0 aliphatic heterocycles. The first-order valence-corrected chi connectivity index (χ1v) is 8.57. The molecule has 0 aliphatic rings. The normalized spacial score (nSPS) is 10.6. The average molecular weight is 481 g/mol. The highest BCUT2D eigenvalue weighted by atomic mass is 127. The summed E-state index contributed by atoms with van der Waals surface area (Å²) in [6.45, 7) is 7.51. The molecule has 2 rings (SSSR count). The monoisotopic (exact) mass is 481 g/mol. The zero-order valence-corrected chi connectivity index (χ0v) is 18.4. The van der Waals surface area contributed by atoms with E-state index in [0.717, 1.165) is 28.6 Å². The predicted octanol–water partition coefficient (Wildman–Crippen LogP) is 4.05. The Labute approximate surface area is 178 Å². The molecule has 0 saturated carbocycles. The van der Waals surface area contributed by atoms with Gasteiger partial charge in [-0.25, -0.2) is 0 Å². The second kappa shape index (κ2) is 12.2. The lowest BCUT2D eigenvalue weighted by Crippen LogP contribution is -2.36. The molecule has 0 bridgehead atoms. The van der Waals surface area contributed by atoms with Gasteiger partial charge in [-0.05, 0) is 30.2 Å². The SMILES string of the molecule is C=CCOc1ccccc1CNC(=NC)NCc1ccc(OC)c(C)c1.I. The van der Waals surface area contributed by atoms with Gasteiger partial charge in [-0.2, -0.15) is 0 Å². The number of benzene rings is 2. The number of para-hydroxylation sites is 1. The van der Waals surface area contributed by atoms with Crippen LogP contribution in [0.1, 0.15) is 16.7 Å². The molecule has 0 atom stereocenters. The molecule has 2 N–H and O–H groups in total. The molecule has 0 heterocycles. The van der Waals surface area contributed by atoms with Crippen molar-refractivity contribution in [1.82, 2.24) is 10.6 Å². The number of methoxy groups -OCH3 is 1. The van der Waals surface area contributed by atoms with Crippen LogP contribution >= 0.6 is 24.0 Å².